The number of nitrogens with one attached hydrogen (secondary N) is 4. The third kappa shape index (κ3) is 8.83. The van der Waals surface area contributed by atoms with E-state index in [0.29, 0.717) is 43.8 Å². The van der Waals surface area contributed by atoms with E-state index in [1.54, 1.807) is 62.4 Å². The molecule has 0 aliphatic heterocycles. The molecule has 18 heteroatoms. The highest BCUT2D eigenvalue weighted by Crippen LogP contribution is 2.41. The first-order valence-corrected chi connectivity index (χ1v) is 20.3. The van der Waals surface area contributed by atoms with Crippen LogP contribution in [0.4, 0.5) is 23.0 Å². The zero-order chi connectivity index (χ0) is 36.9. The smallest absolute Gasteiger partial charge is 0.263 e. The molecule has 0 fully saturated rings. The molecule has 6 rings (SSSR count). The SMILES string of the molecule is Cc1cc(NS(=O)(=O)c2ccc(NC(=O)c3ccccc3SSc3ccccc3C(=O)Nc3ccc(S(=O)(=O)Nc4cc(C)on4)cc3)cc2)no1. The molecule has 0 atom stereocenters. The minimum Gasteiger partial charge on any atom is -0.360 e. The number of hydrogen-bond acceptors (Lipinski definition) is 12. The van der Waals surface area contributed by atoms with Gasteiger partial charge in [-0.05, 0) is 86.6 Å². The molecule has 266 valence electrons. The third-order valence-corrected chi connectivity index (χ3v) is 12.3. The molecule has 0 aliphatic rings. The van der Waals surface area contributed by atoms with Crippen LogP contribution in [0.2, 0.25) is 0 Å². The van der Waals surface area contributed by atoms with E-state index in [1.807, 2.05) is 0 Å². The second-order valence-corrected chi connectivity index (χ2v) is 16.6. The molecule has 4 N–H and O–H groups in total. The molecule has 52 heavy (non-hydrogen) atoms. The van der Waals surface area contributed by atoms with Gasteiger partial charge in [-0.25, -0.2) is 16.8 Å². The highest BCUT2D eigenvalue weighted by atomic mass is 33.1. The summed E-state index contributed by atoms with van der Waals surface area (Å²) in [6, 6.07) is 28.1. The Hall–Kier alpha value is -5.56. The zero-order valence-corrected chi connectivity index (χ0v) is 30.5. The number of aryl methyl sites for hydroxylation is 2. The molecule has 0 bridgehead atoms. The lowest BCUT2D eigenvalue weighted by atomic mass is 10.2. The van der Waals surface area contributed by atoms with Crippen molar-refractivity contribution in [3.05, 3.63) is 132 Å². The first-order chi connectivity index (χ1) is 24.9. The summed E-state index contributed by atoms with van der Waals surface area (Å²) in [7, 11) is -5.30. The maximum Gasteiger partial charge on any atom is 0.263 e. The first kappa shape index (κ1) is 36.2. The molecule has 14 nitrogen and oxygen atoms in total. The number of anilines is 4. The lowest BCUT2D eigenvalue weighted by molar-refractivity contribution is 0.101. The van der Waals surface area contributed by atoms with Crippen molar-refractivity contribution in [3.63, 3.8) is 0 Å². The monoisotopic (exact) mass is 776 g/mol. The lowest BCUT2D eigenvalue weighted by Crippen LogP contribution is -2.15. The number of amides is 2. The maximum absolute atomic E-state index is 13.3. The van der Waals surface area contributed by atoms with Crippen molar-refractivity contribution in [3.8, 4) is 0 Å². The lowest BCUT2D eigenvalue weighted by Gasteiger charge is -2.12. The summed E-state index contributed by atoms with van der Waals surface area (Å²) < 4.78 is 65.3. The molecule has 4 aromatic carbocycles. The number of benzene rings is 4. The van der Waals surface area contributed by atoms with Gasteiger partial charge < -0.3 is 19.7 Å². The molecule has 0 radical (unpaired) electrons. The van der Waals surface area contributed by atoms with Gasteiger partial charge in [0.15, 0.2) is 11.6 Å². The Morgan fingerprint density at radius 3 is 1.27 bits per heavy atom. The van der Waals surface area contributed by atoms with Crippen molar-refractivity contribution in [2.24, 2.45) is 0 Å². The van der Waals surface area contributed by atoms with Crippen molar-refractivity contribution in [2.75, 3.05) is 20.1 Å². The Balaban J connectivity index is 1.09. The van der Waals surface area contributed by atoms with Crippen molar-refractivity contribution < 1.29 is 35.5 Å². The van der Waals surface area contributed by atoms with E-state index >= 15 is 0 Å². The van der Waals surface area contributed by atoms with Gasteiger partial charge >= 0.3 is 0 Å². The van der Waals surface area contributed by atoms with Gasteiger partial charge in [0.05, 0.1) is 20.9 Å². The number of carbonyl (C=O) groups is 2. The van der Waals surface area contributed by atoms with Crippen LogP contribution in [0.15, 0.2) is 138 Å². The van der Waals surface area contributed by atoms with Crippen LogP contribution in [0.25, 0.3) is 0 Å². The van der Waals surface area contributed by atoms with Crippen LogP contribution < -0.4 is 20.1 Å². The normalized spacial score (nSPS) is 11.5. The van der Waals surface area contributed by atoms with E-state index in [4.69, 9.17) is 9.05 Å². The Kier molecular flexibility index (Phi) is 10.7. The number of aromatic nitrogens is 2. The number of carbonyl (C=O) groups excluding carboxylic acids is 2. The minimum absolute atomic E-state index is 0.0299. The summed E-state index contributed by atoms with van der Waals surface area (Å²) >= 11 is 0. The largest absolute Gasteiger partial charge is 0.360 e. The molecule has 6 aromatic rings. The molecule has 0 aliphatic carbocycles. The van der Waals surface area contributed by atoms with E-state index < -0.39 is 31.9 Å². The Morgan fingerprint density at radius 2 is 0.923 bits per heavy atom. The van der Waals surface area contributed by atoms with E-state index in [0.717, 1.165) is 0 Å². The summed E-state index contributed by atoms with van der Waals surface area (Å²) in [5.41, 5.74) is 1.49. The first-order valence-electron chi connectivity index (χ1n) is 15.1. The van der Waals surface area contributed by atoms with Crippen molar-refractivity contribution in [2.45, 2.75) is 33.4 Å². The third-order valence-electron chi connectivity index (χ3n) is 7.06. The molecule has 0 saturated carbocycles. The van der Waals surface area contributed by atoms with Crippen LogP contribution in [-0.4, -0.2) is 39.0 Å². The van der Waals surface area contributed by atoms with Crippen LogP contribution in [-0.2, 0) is 20.0 Å². The van der Waals surface area contributed by atoms with Crippen molar-refractivity contribution >= 4 is 76.5 Å². The topological polar surface area (TPSA) is 203 Å². The number of nitrogens with zero attached hydrogens (tertiary/aromatic N) is 2. The summed E-state index contributed by atoms with van der Waals surface area (Å²) in [5, 5.41) is 12.9. The fraction of sp³-hybridized carbons (Fsp3) is 0.0588. The zero-order valence-electron chi connectivity index (χ0n) is 27.2. The Morgan fingerprint density at radius 1 is 0.558 bits per heavy atom. The van der Waals surface area contributed by atoms with E-state index in [1.165, 1.54) is 82.3 Å². The van der Waals surface area contributed by atoms with Gasteiger partial charge in [0.2, 0.25) is 0 Å². The average molecular weight is 777 g/mol. The predicted molar refractivity (Wildman–Crippen MR) is 197 cm³/mol. The van der Waals surface area contributed by atoms with Crippen LogP contribution >= 0.6 is 21.6 Å². The van der Waals surface area contributed by atoms with Gasteiger partial charge in [0.25, 0.3) is 31.9 Å². The van der Waals surface area contributed by atoms with Crippen LogP contribution in [0, 0.1) is 13.8 Å². The molecular weight excluding hydrogens is 749 g/mol. The average Bonchev–Trinajstić information content (AvgIpc) is 3.73. The number of hydrogen-bond donors (Lipinski definition) is 4. The fourth-order valence-electron chi connectivity index (χ4n) is 4.60. The quantitative estimate of drug-likeness (QED) is 0.0862. The minimum atomic E-state index is -3.93. The summed E-state index contributed by atoms with van der Waals surface area (Å²) in [5.74, 6) is 0.175. The van der Waals surface area contributed by atoms with Crippen molar-refractivity contribution in [1.82, 2.24) is 10.3 Å². The molecule has 2 aromatic heterocycles. The van der Waals surface area contributed by atoms with Gasteiger partial charge in [-0.15, -0.1) is 0 Å². The van der Waals surface area contributed by atoms with Crippen LogP contribution in [0.1, 0.15) is 32.2 Å². The molecule has 0 saturated heterocycles. The second kappa shape index (κ2) is 15.4. The predicted octanol–water partition coefficient (Wildman–Crippen LogP) is 7.19. The molecule has 2 heterocycles. The summed E-state index contributed by atoms with van der Waals surface area (Å²) in [6.45, 7) is 3.28. The fourth-order valence-corrected chi connectivity index (χ4v) is 8.92. The number of sulfonamides is 2. The van der Waals surface area contributed by atoms with Gasteiger partial charge in [0, 0.05) is 33.3 Å². The van der Waals surface area contributed by atoms with Crippen molar-refractivity contribution in [1.29, 1.82) is 0 Å². The molecule has 0 unspecified atom stereocenters. The van der Waals surface area contributed by atoms with E-state index in [2.05, 4.69) is 30.4 Å². The highest BCUT2D eigenvalue weighted by Gasteiger charge is 2.20. The molecular formula is C34H28N6O8S4. The Bertz CT molecular complexity index is 2290. The Labute approximate surface area is 306 Å². The summed E-state index contributed by atoms with van der Waals surface area (Å²) in [4.78, 5) is 27.9. The molecule has 2 amide bonds. The van der Waals surface area contributed by atoms with Gasteiger partial charge in [-0.2, -0.15) is 0 Å². The van der Waals surface area contributed by atoms with Gasteiger partial charge in [-0.3, -0.25) is 19.0 Å². The van der Waals surface area contributed by atoms with Crippen LogP contribution in [0.3, 0.4) is 0 Å². The highest BCUT2D eigenvalue weighted by molar-refractivity contribution is 8.76. The maximum atomic E-state index is 13.3. The standard InChI is InChI=1S/C34H28N6O8S4/c1-21-19-31(37-47-21)39-51(43,44)25-15-11-23(12-16-25)35-33(41)27-7-3-5-9-29(27)49-50-30-10-6-4-8-28(30)34(42)36-24-13-17-26(18-14-24)52(45,46)40-32-20-22(2)48-38-32/h3-20H,1-2H3,(H,35,41)(H,36,42)(H,37,39)(H,38,40). The van der Waals surface area contributed by atoms with Gasteiger partial charge in [0.1, 0.15) is 11.5 Å². The second-order valence-electron chi connectivity index (χ2n) is 11.0. The van der Waals surface area contributed by atoms with Gasteiger partial charge in [-0.1, -0.05) is 56.2 Å². The van der Waals surface area contributed by atoms with E-state index in [9.17, 15) is 26.4 Å². The van der Waals surface area contributed by atoms with E-state index in [-0.39, 0.29) is 21.4 Å². The van der Waals surface area contributed by atoms with Crippen LogP contribution in [0.5, 0.6) is 0 Å². The number of rotatable bonds is 13. The summed E-state index contributed by atoms with van der Waals surface area (Å²) in [6.07, 6.45) is 0. The molecule has 0 spiro atoms.